The highest BCUT2D eigenvalue weighted by Crippen LogP contribution is 2.24. The van der Waals surface area contributed by atoms with Crippen molar-refractivity contribution in [2.75, 3.05) is 0 Å². The summed E-state index contributed by atoms with van der Waals surface area (Å²) in [6, 6.07) is 7.62. The lowest BCUT2D eigenvalue weighted by Gasteiger charge is -1.97. The molecule has 0 saturated carbocycles. The second-order valence-corrected chi connectivity index (χ2v) is 4.15. The van der Waals surface area contributed by atoms with Crippen molar-refractivity contribution < 1.29 is 0 Å². The largest absolute Gasteiger partial charge is 0.335 e. The molecule has 0 amide bonds. The Hall–Kier alpha value is -1.75. The molecule has 0 radical (unpaired) electrons. The van der Waals surface area contributed by atoms with E-state index in [1.807, 2.05) is 24.3 Å². The molecular weight excluding hydrogens is 268 g/mol. The van der Waals surface area contributed by atoms with Gasteiger partial charge in [0.15, 0.2) is 11.5 Å². The van der Waals surface area contributed by atoms with Crippen molar-refractivity contribution in [2.24, 2.45) is 0 Å². The quantitative estimate of drug-likeness (QED) is 0.743. The number of aromatic nitrogens is 4. The lowest BCUT2D eigenvalue weighted by molar-refractivity contribution is 1.22. The Balaban J connectivity index is 2.23. The summed E-state index contributed by atoms with van der Waals surface area (Å²) in [5, 5.41) is 0. The van der Waals surface area contributed by atoms with Gasteiger partial charge in [-0.1, -0.05) is 0 Å². The number of imidazole rings is 1. The number of pyridine rings is 2. The molecule has 0 saturated heterocycles. The molecule has 0 aromatic carbocycles. The number of hydrogen-bond acceptors (Lipinski definition) is 3. The molecule has 0 atom stereocenters. The summed E-state index contributed by atoms with van der Waals surface area (Å²) >= 11 is 3.45. The molecule has 0 aliphatic heterocycles. The van der Waals surface area contributed by atoms with Crippen LogP contribution < -0.4 is 0 Å². The standard InChI is InChI=1S/C11H7BrN4/c12-7-3-1-5-13-9(7)11-15-8-4-2-6-14-10(8)16-11/h1-6H,(H,14,15,16). The molecule has 78 valence electrons. The van der Waals surface area contributed by atoms with Crippen LogP contribution in [0.4, 0.5) is 0 Å². The van der Waals surface area contributed by atoms with Crippen LogP contribution in [0.15, 0.2) is 41.1 Å². The SMILES string of the molecule is Brc1cccnc1-c1nc2ncccc2[nH]1. The predicted octanol–water partition coefficient (Wildman–Crippen LogP) is 2.78. The second-order valence-electron chi connectivity index (χ2n) is 3.29. The van der Waals surface area contributed by atoms with E-state index in [0.717, 1.165) is 21.5 Å². The molecule has 3 aromatic heterocycles. The van der Waals surface area contributed by atoms with Crippen LogP contribution in [0.3, 0.4) is 0 Å². The van der Waals surface area contributed by atoms with Crippen molar-refractivity contribution in [3.05, 3.63) is 41.1 Å². The number of fused-ring (bicyclic) bond motifs is 1. The lowest BCUT2D eigenvalue weighted by Crippen LogP contribution is -1.86. The molecule has 1 N–H and O–H groups in total. The highest BCUT2D eigenvalue weighted by atomic mass is 79.9. The summed E-state index contributed by atoms with van der Waals surface area (Å²) in [7, 11) is 0. The van der Waals surface area contributed by atoms with Gasteiger partial charge < -0.3 is 4.98 Å². The molecule has 0 aliphatic rings. The third-order valence-electron chi connectivity index (χ3n) is 2.24. The molecule has 16 heavy (non-hydrogen) atoms. The molecule has 0 bridgehead atoms. The first-order valence-corrected chi connectivity index (χ1v) is 5.55. The molecule has 0 fully saturated rings. The Morgan fingerprint density at radius 2 is 1.88 bits per heavy atom. The zero-order chi connectivity index (χ0) is 11.0. The van der Waals surface area contributed by atoms with Crippen molar-refractivity contribution in [3.63, 3.8) is 0 Å². The van der Waals surface area contributed by atoms with E-state index in [0.29, 0.717) is 5.65 Å². The minimum Gasteiger partial charge on any atom is -0.335 e. The summed E-state index contributed by atoms with van der Waals surface area (Å²) in [5.41, 5.74) is 2.41. The van der Waals surface area contributed by atoms with Crippen molar-refractivity contribution in [2.45, 2.75) is 0 Å². The average Bonchev–Trinajstić information content (AvgIpc) is 2.73. The third-order valence-corrected chi connectivity index (χ3v) is 2.88. The van der Waals surface area contributed by atoms with Crippen LogP contribution >= 0.6 is 15.9 Å². The number of hydrogen-bond donors (Lipinski definition) is 1. The number of H-pyrrole nitrogens is 1. The summed E-state index contributed by atoms with van der Waals surface area (Å²) in [4.78, 5) is 16.0. The van der Waals surface area contributed by atoms with Crippen molar-refractivity contribution in [3.8, 4) is 11.5 Å². The van der Waals surface area contributed by atoms with Gasteiger partial charge in [-0.3, -0.25) is 4.98 Å². The van der Waals surface area contributed by atoms with Gasteiger partial charge >= 0.3 is 0 Å². The monoisotopic (exact) mass is 274 g/mol. The van der Waals surface area contributed by atoms with E-state index in [2.05, 4.69) is 35.9 Å². The molecule has 0 aliphatic carbocycles. The second kappa shape index (κ2) is 3.68. The Kier molecular flexibility index (Phi) is 2.18. The Bertz CT molecular complexity index is 614. The molecule has 3 aromatic rings. The Labute approximate surface area is 99.9 Å². The van der Waals surface area contributed by atoms with E-state index in [4.69, 9.17) is 0 Å². The van der Waals surface area contributed by atoms with Crippen LogP contribution in [0.5, 0.6) is 0 Å². The van der Waals surface area contributed by atoms with E-state index in [1.165, 1.54) is 0 Å². The van der Waals surface area contributed by atoms with E-state index in [-0.39, 0.29) is 0 Å². The van der Waals surface area contributed by atoms with Gasteiger partial charge in [0.1, 0.15) is 5.69 Å². The Morgan fingerprint density at radius 1 is 1.06 bits per heavy atom. The fourth-order valence-electron chi connectivity index (χ4n) is 1.52. The van der Waals surface area contributed by atoms with E-state index in [1.54, 1.807) is 12.4 Å². The summed E-state index contributed by atoms with van der Waals surface area (Å²) in [6.45, 7) is 0. The first-order valence-electron chi connectivity index (χ1n) is 4.76. The predicted molar refractivity (Wildman–Crippen MR) is 64.8 cm³/mol. The summed E-state index contributed by atoms with van der Waals surface area (Å²) in [5.74, 6) is 0.723. The van der Waals surface area contributed by atoms with Gasteiger partial charge in [-0.2, -0.15) is 0 Å². The first kappa shape index (κ1) is 9.47. The molecule has 0 unspecified atom stereocenters. The van der Waals surface area contributed by atoms with Crippen molar-refractivity contribution in [1.29, 1.82) is 0 Å². The van der Waals surface area contributed by atoms with E-state index >= 15 is 0 Å². The maximum atomic E-state index is 4.38. The highest BCUT2D eigenvalue weighted by molar-refractivity contribution is 9.10. The summed E-state index contributed by atoms with van der Waals surface area (Å²) in [6.07, 6.45) is 3.46. The van der Waals surface area contributed by atoms with Crippen molar-refractivity contribution >= 4 is 27.1 Å². The topological polar surface area (TPSA) is 54.5 Å². The number of halogens is 1. The van der Waals surface area contributed by atoms with Gasteiger partial charge in [-0.25, -0.2) is 9.97 Å². The summed E-state index contributed by atoms with van der Waals surface area (Å²) < 4.78 is 0.911. The van der Waals surface area contributed by atoms with Gasteiger partial charge in [-0.15, -0.1) is 0 Å². The molecule has 3 heterocycles. The van der Waals surface area contributed by atoms with Gasteiger partial charge in [-0.05, 0) is 40.2 Å². The number of rotatable bonds is 1. The molecule has 3 rings (SSSR count). The maximum absolute atomic E-state index is 4.38. The Morgan fingerprint density at radius 3 is 2.69 bits per heavy atom. The molecule has 4 nitrogen and oxygen atoms in total. The minimum atomic E-state index is 0.704. The molecule has 5 heteroatoms. The minimum absolute atomic E-state index is 0.704. The van der Waals surface area contributed by atoms with Crippen LogP contribution in [0.25, 0.3) is 22.7 Å². The highest BCUT2D eigenvalue weighted by Gasteiger charge is 2.09. The number of nitrogens with one attached hydrogen (secondary N) is 1. The average molecular weight is 275 g/mol. The normalized spacial score (nSPS) is 10.8. The maximum Gasteiger partial charge on any atom is 0.178 e. The van der Waals surface area contributed by atoms with E-state index in [9.17, 15) is 0 Å². The number of aromatic amines is 1. The molecular formula is C11H7BrN4. The van der Waals surface area contributed by atoms with Crippen LogP contribution in [0.2, 0.25) is 0 Å². The van der Waals surface area contributed by atoms with Crippen LogP contribution in [0.1, 0.15) is 0 Å². The fourth-order valence-corrected chi connectivity index (χ4v) is 1.96. The van der Waals surface area contributed by atoms with Gasteiger partial charge in [0.05, 0.1) is 5.52 Å². The van der Waals surface area contributed by atoms with Crippen LogP contribution in [0, 0.1) is 0 Å². The first-order chi connectivity index (χ1) is 7.84. The van der Waals surface area contributed by atoms with Crippen LogP contribution in [-0.2, 0) is 0 Å². The van der Waals surface area contributed by atoms with Gasteiger partial charge in [0, 0.05) is 16.9 Å². The number of nitrogens with zero attached hydrogens (tertiary/aromatic N) is 3. The third kappa shape index (κ3) is 1.49. The molecule has 0 spiro atoms. The lowest BCUT2D eigenvalue weighted by atomic mass is 10.3. The smallest absolute Gasteiger partial charge is 0.178 e. The van der Waals surface area contributed by atoms with E-state index < -0.39 is 0 Å². The zero-order valence-corrected chi connectivity index (χ0v) is 9.77. The fraction of sp³-hybridized carbons (Fsp3) is 0. The van der Waals surface area contributed by atoms with Gasteiger partial charge in [0.2, 0.25) is 0 Å². The zero-order valence-electron chi connectivity index (χ0n) is 8.18. The van der Waals surface area contributed by atoms with Gasteiger partial charge in [0.25, 0.3) is 0 Å². The van der Waals surface area contributed by atoms with Crippen LogP contribution in [-0.4, -0.2) is 19.9 Å². The van der Waals surface area contributed by atoms with Crippen molar-refractivity contribution in [1.82, 2.24) is 19.9 Å².